The van der Waals surface area contributed by atoms with Crippen LogP contribution in [-0.4, -0.2) is 34.6 Å². The van der Waals surface area contributed by atoms with Crippen molar-refractivity contribution in [1.29, 1.82) is 0 Å². The molecule has 4 nitrogen and oxygen atoms in total. The Morgan fingerprint density at radius 1 is 0.886 bits per heavy atom. The van der Waals surface area contributed by atoms with Crippen LogP contribution in [0.4, 0.5) is 0 Å². The predicted octanol–water partition coefficient (Wildman–Crippen LogP) is 5.95. The van der Waals surface area contributed by atoms with Gasteiger partial charge in [0.15, 0.2) is 0 Å². The van der Waals surface area contributed by atoms with Crippen LogP contribution in [0.2, 0.25) is 0 Å². The molecule has 0 fully saturated rings. The summed E-state index contributed by atoms with van der Waals surface area (Å²) in [4.78, 5) is 30.0. The van der Waals surface area contributed by atoms with Crippen molar-refractivity contribution in [3.63, 3.8) is 0 Å². The van der Waals surface area contributed by atoms with Gasteiger partial charge in [-0.25, -0.2) is 0 Å². The lowest BCUT2D eigenvalue weighted by Crippen LogP contribution is -2.52. The van der Waals surface area contributed by atoms with E-state index in [0.29, 0.717) is 13.0 Å². The van der Waals surface area contributed by atoms with Gasteiger partial charge in [-0.2, -0.15) is 0 Å². The summed E-state index contributed by atoms with van der Waals surface area (Å²) in [7, 11) is 0. The summed E-state index contributed by atoms with van der Waals surface area (Å²) in [6.07, 6.45) is 1.30. The highest BCUT2D eigenvalue weighted by molar-refractivity contribution is 8.00. The number of amides is 2. The van der Waals surface area contributed by atoms with Gasteiger partial charge in [-0.1, -0.05) is 84.8 Å². The van der Waals surface area contributed by atoms with Crippen molar-refractivity contribution in [2.45, 2.75) is 64.1 Å². The molecule has 0 aliphatic rings. The summed E-state index contributed by atoms with van der Waals surface area (Å²) in [6.45, 7) is 8.52. The SMILES string of the molecule is CC[C@@H](C)NC(=O)[C@H](Cc1ccccc1)N(Cc1cccc(C)c1)C(=O)CSc1ccc(C)cc1. The predicted molar refractivity (Wildman–Crippen MR) is 145 cm³/mol. The van der Waals surface area contributed by atoms with Gasteiger partial charge in [0.25, 0.3) is 0 Å². The Morgan fingerprint density at radius 2 is 1.57 bits per heavy atom. The van der Waals surface area contributed by atoms with E-state index in [-0.39, 0.29) is 23.6 Å². The molecule has 0 spiro atoms. The van der Waals surface area contributed by atoms with E-state index in [1.54, 1.807) is 4.90 Å². The first kappa shape index (κ1) is 26.6. The van der Waals surface area contributed by atoms with Crippen LogP contribution in [0.1, 0.15) is 42.5 Å². The first-order valence-corrected chi connectivity index (χ1v) is 13.2. The number of aryl methyl sites for hydroxylation is 2. The van der Waals surface area contributed by atoms with Gasteiger partial charge >= 0.3 is 0 Å². The molecular weight excluding hydrogens is 452 g/mol. The van der Waals surface area contributed by atoms with Crippen molar-refractivity contribution in [3.8, 4) is 0 Å². The summed E-state index contributed by atoms with van der Waals surface area (Å²) in [5, 5.41) is 3.12. The van der Waals surface area contributed by atoms with E-state index in [0.717, 1.165) is 28.0 Å². The molecule has 0 aromatic heterocycles. The van der Waals surface area contributed by atoms with Crippen LogP contribution < -0.4 is 5.32 Å². The molecule has 0 aliphatic carbocycles. The highest BCUT2D eigenvalue weighted by atomic mass is 32.2. The average Bonchev–Trinajstić information content (AvgIpc) is 2.86. The maximum absolute atomic E-state index is 13.7. The molecule has 3 aromatic carbocycles. The van der Waals surface area contributed by atoms with Gasteiger partial charge < -0.3 is 10.2 Å². The number of hydrogen-bond acceptors (Lipinski definition) is 3. The van der Waals surface area contributed by atoms with E-state index in [1.165, 1.54) is 17.3 Å². The maximum atomic E-state index is 13.7. The molecule has 1 N–H and O–H groups in total. The number of hydrogen-bond donors (Lipinski definition) is 1. The molecule has 0 radical (unpaired) electrons. The Kier molecular flexibility index (Phi) is 9.98. The summed E-state index contributed by atoms with van der Waals surface area (Å²) in [5.41, 5.74) is 4.37. The zero-order valence-corrected chi connectivity index (χ0v) is 22.0. The quantitative estimate of drug-likeness (QED) is 0.339. The van der Waals surface area contributed by atoms with Gasteiger partial charge in [-0.3, -0.25) is 9.59 Å². The van der Waals surface area contributed by atoms with Gasteiger partial charge in [0.1, 0.15) is 6.04 Å². The van der Waals surface area contributed by atoms with Crippen molar-refractivity contribution in [3.05, 3.63) is 101 Å². The van der Waals surface area contributed by atoms with E-state index in [1.807, 2.05) is 88.4 Å². The largest absolute Gasteiger partial charge is 0.352 e. The zero-order chi connectivity index (χ0) is 25.2. The molecule has 0 aliphatic heterocycles. The molecule has 0 saturated heterocycles. The highest BCUT2D eigenvalue weighted by Gasteiger charge is 2.31. The monoisotopic (exact) mass is 488 g/mol. The Morgan fingerprint density at radius 3 is 2.23 bits per heavy atom. The maximum Gasteiger partial charge on any atom is 0.243 e. The first-order valence-electron chi connectivity index (χ1n) is 12.2. The fourth-order valence-electron chi connectivity index (χ4n) is 3.86. The van der Waals surface area contributed by atoms with Gasteiger partial charge in [-0.15, -0.1) is 11.8 Å². The smallest absolute Gasteiger partial charge is 0.243 e. The minimum absolute atomic E-state index is 0.0404. The van der Waals surface area contributed by atoms with Crippen LogP contribution in [0.25, 0.3) is 0 Å². The van der Waals surface area contributed by atoms with E-state index in [9.17, 15) is 9.59 Å². The van der Waals surface area contributed by atoms with Crippen molar-refractivity contribution in [1.82, 2.24) is 10.2 Å². The summed E-state index contributed by atoms with van der Waals surface area (Å²) in [5.74, 6) is 0.124. The number of rotatable bonds is 11. The van der Waals surface area contributed by atoms with E-state index in [4.69, 9.17) is 0 Å². The lowest BCUT2D eigenvalue weighted by atomic mass is 10.0. The minimum Gasteiger partial charge on any atom is -0.352 e. The van der Waals surface area contributed by atoms with Crippen LogP contribution >= 0.6 is 11.8 Å². The van der Waals surface area contributed by atoms with Crippen molar-refractivity contribution < 1.29 is 9.59 Å². The van der Waals surface area contributed by atoms with Crippen LogP contribution in [0.5, 0.6) is 0 Å². The normalized spacial score (nSPS) is 12.6. The lowest BCUT2D eigenvalue weighted by molar-refractivity contribution is -0.139. The Hall–Kier alpha value is -3.05. The van der Waals surface area contributed by atoms with E-state index >= 15 is 0 Å². The van der Waals surface area contributed by atoms with Crippen LogP contribution in [0.3, 0.4) is 0 Å². The molecular formula is C30H36N2O2S. The molecule has 0 saturated carbocycles. The highest BCUT2D eigenvalue weighted by Crippen LogP contribution is 2.22. The van der Waals surface area contributed by atoms with Crippen molar-refractivity contribution in [2.24, 2.45) is 0 Å². The van der Waals surface area contributed by atoms with Crippen molar-refractivity contribution in [2.75, 3.05) is 5.75 Å². The number of nitrogens with zero attached hydrogens (tertiary/aromatic N) is 1. The third-order valence-corrected chi connectivity index (χ3v) is 7.09. The van der Waals surface area contributed by atoms with Gasteiger partial charge in [-0.05, 0) is 50.5 Å². The number of carbonyl (C=O) groups is 2. The van der Waals surface area contributed by atoms with Crippen molar-refractivity contribution >= 4 is 23.6 Å². The third-order valence-electron chi connectivity index (χ3n) is 6.09. The first-order chi connectivity index (χ1) is 16.9. The third kappa shape index (κ3) is 8.29. The molecule has 184 valence electrons. The minimum atomic E-state index is -0.599. The number of carbonyl (C=O) groups excluding carboxylic acids is 2. The van der Waals surface area contributed by atoms with E-state index < -0.39 is 6.04 Å². The summed E-state index contributed by atoms with van der Waals surface area (Å²) < 4.78 is 0. The zero-order valence-electron chi connectivity index (χ0n) is 21.2. The fraction of sp³-hybridized carbons (Fsp3) is 0.333. The fourth-order valence-corrected chi connectivity index (χ4v) is 4.65. The number of benzene rings is 3. The molecule has 35 heavy (non-hydrogen) atoms. The Bertz CT molecular complexity index is 1100. The number of nitrogens with one attached hydrogen (secondary N) is 1. The Balaban J connectivity index is 1.90. The second kappa shape index (κ2) is 13.1. The molecule has 5 heteroatoms. The van der Waals surface area contributed by atoms with Gasteiger partial charge in [0.05, 0.1) is 5.75 Å². The van der Waals surface area contributed by atoms with Crippen LogP contribution in [0, 0.1) is 13.8 Å². The molecule has 0 heterocycles. The molecule has 2 atom stereocenters. The van der Waals surface area contributed by atoms with Crippen LogP contribution in [-0.2, 0) is 22.6 Å². The topological polar surface area (TPSA) is 49.4 Å². The lowest BCUT2D eigenvalue weighted by Gasteiger charge is -2.32. The molecule has 0 unspecified atom stereocenters. The standard InChI is InChI=1S/C30H36N2O2S/c1-5-24(4)31-30(34)28(19-25-11-7-6-8-12-25)32(20-26-13-9-10-23(3)18-26)29(33)21-35-27-16-14-22(2)15-17-27/h6-18,24,28H,5,19-21H2,1-4H3,(H,31,34)/t24-,28+/m1/s1. The molecule has 2 amide bonds. The van der Waals surface area contributed by atoms with E-state index in [2.05, 4.69) is 23.5 Å². The van der Waals surface area contributed by atoms with Crippen LogP contribution in [0.15, 0.2) is 83.8 Å². The molecule has 3 aromatic rings. The number of thioether (sulfide) groups is 1. The second-order valence-corrected chi connectivity index (χ2v) is 10.2. The summed E-state index contributed by atoms with van der Waals surface area (Å²) >= 11 is 1.51. The van der Waals surface area contributed by atoms with Gasteiger partial charge in [0, 0.05) is 23.9 Å². The van der Waals surface area contributed by atoms with Gasteiger partial charge in [0.2, 0.25) is 11.8 Å². The average molecular weight is 489 g/mol. The molecule has 3 rings (SSSR count). The molecule has 0 bridgehead atoms. The summed E-state index contributed by atoms with van der Waals surface area (Å²) in [6, 6.07) is 25.7. The second-order valence-electron chi connectivity index (χ2n) is 9.14. The Labute approximate surface area is 214 Å².